The number of hydrogen-bond donors (Lipinski definition) is 1. The minimum absolute atomic E-state index is 0.460. The van der Waals surface area contributed by atoms with Crippen LogP contribution >= 0.6 is 0 Å². The van der Waals surface area contributed by atoms with Crippen LogP contribution in [0.3, 0.4) is 0 Å². The highest BCUT2D eigenvalue weighted by Gasteiger charge is 1.76. The summed E-state index contributed by atoms with van der Waals surface area (Å²) in [6.07, 6.45) is -0.992. The molecule has 0 aromatic carbocycles. The first-order valence-electron chi connectivity index (χ1n) is 3.67. The average molecular weight is 99.1 g/mol. The zero-order valence-electron chi connectivity index (χ0n) is 7.39. The van der Waals surface area contributed by atoms with Gasteiger partial charge in [0.15, 0.2) is 0 Å². The van der Waals surface area contributed by atoms with Crippen LogP contribution in [-0.2, 0) is 0 Å². The van der Waals surface area contributed by atoms with Gasteiger partial charge in [-0.25, -0.2) is 0 Å². The summed E-state index contributed by atoms with van der Waals surface area (Å²) in [6, 6.07) is -0.978. The summed E-state index contributed by atoms with van der Waals surface area (Å²) >= 11 is 0. The van der Waals surface area contributed by atoms with Crippen LogP contribution in [0, 0.1) is 0 Å². The van der Waals surface area contributed by atoms with E-state index >= 15 is 0 Å². The van der Waals surface area contributed by atoms with Crippen LogP contribution in [0.15, 0.2) is 24.4 Å². The Kier molecular flexibility index (Phi) is 0.336. The topological polar surface area (TPSA) is 33.1 Å². The summed E-state index contributed by atoms with van der Waals surface area (Å²) in [5.41, 5.74) is 0. The third kappa shape index (κ3) is 0.892. The Balaban J connectivity index is 3.46. The van der Waals surface area contributed by atoms with E-state index in [4.69, 9.17) is 10.6 Å². The van der Waals surface area contributed by atoms with E-state index in [0.717, 1.165) is 0 Å². The second-order valence-electron chi connectivity index (χ2n) is 0.934. The van der Waals surface area contributed by atoms with Crippen molar-refractivity contribution in [2.45, 2.75) is 0 Å². The zero-order valence-corrected chi connectivity index (χ0v) is 3.39. The largest absolute Gasteiger partial charge is 0.506 e. The lowest BCUT2D eigenvalue weighted by Gasteiger charge is -1.81. The standard InChI is InChI=1S/C5H5NO/c7-5-2-1-3-6-4-5/h1-4,7H/i1D,2D,3D,4D. The van der Waals surface area contributed by atoms with Gasteiger partial charge in [-0.3, -0.25) is 4.98 Å². The van der Waals surface area contributed by atoms with Crippen LogP contribution in [0.4, 0.5) is 0 Å². The van der Waals surface area contributed by atoms with Crippen molar-refractivity contribution < 1.29 is 10.6 Å². The molecule has 1 aromatic heterocycles. The number of aromatic hydroxyl groups is 1. The van der Waals surface area contributed by atoms with Gasteiger partial charge in [-0.05, 0) is 12.1 Å². The molecule has 0 atom stereocenters. The van der Waals surface area contributed by atoms with Gasteiger partial charge in [-0.1, -0.05) is 0 Å². The Labute approximate surface area is 47.1 Å². The second kappa shape index (κ2) is 1.60. The van der Waals surface area contributed by atoms with Gasteiger partial charge in [0.2, 0.25) is 0 Å². The molecule has 7 heavy (non-hydrogen) atoms. The van der Waals surface area contributed by atoms with E-state index in [-0.39, 0.29) is 0 Å². The van der Waals surface area contributed by atoms with Crippen LogP contribution < -0.4 is 0 Å². The van der Waals surface area contributed by atoms with Crippen molar-refractivity contribution in [3.8, 4) is 5.75 Å². The van der Waals surface area contributed by atoms with Gasteiger partial charge in [-0.15, -0.1) is 0 Å². The predicted octanol–water partition coefficient (Wildman–Crippen LogP) is 0.787. The van der Waals surface area contributed by atoms with Gasteiger partial charge in [-0.2, -0.15) is 0 Å². The summed E-state index contributed by atoms with van der Waals surface area (Å²) < 4.78 is 27.9. The van der Waals surface area contributed by atoms with Crippen molar-refractivity contribution in [3.63, 3.8) is 0 Å². The van der Waals surface area contributed by atoms with E-state index in [9.17, 15) is 0 Å². The molecule has 0 saturated carbocycles. The molecule has 0 spiro atoms. The molecule has 0 aliphatic carbocycles. The summed E-state index contributed by atoms with van der Waals surface area (Å²) in [7, 11) is 0. The second-order valence-corrected chi connectivity index (χ2v) is 0.934. The van der Waals surface area contributed by atoms with Gasteiger partial charge >= 0.3 is 0 Å². The highest BCUT2D eigenvalue weighted by molar-refractivity contribution is 5.12. The minimum atomic E-state index is -0.647. The monoisotopic (exact) mass is 99.1 g/mol. The lowest BCUT2D eigenvalue weighted by Crippen LogP contribution is -1.64. The molecule has 2 heteroatoms. The normalized spacial score (nSPS) is 16.6. The molecular formula is C5H5NO. The molecule has 0 saturated heterocycles. The molecule has 2 nitrogen and oxygen atoms in total. The molecule has 0 bridgehead atoms. The fourth-order valence-electron chi connectivity index (χ4n) is 0.224. The van der Waals surface area contributed by atoms with Crippen LogP contribution in [0.25, 0.3) is 0 Å². The van der Waals surface area contributed by atoms with E-state index in [1.807, 2.05) is 0 Å². The predicted molar refractivity (Wildman–Crippen MR) is 25.9 cm³/mol. The summed E-state index contributed by atoms with van der Waals surface area (Å²) in [4.78, 5) is 3.21. The number of rotatable bonds is 0. The van der Waals surface area contributed by atoms with Crippen molar-refractivity contribution in [2.24, 2.45) is 0 Å². The molecule has 0 radical (unpaired) electrons. The van der Waals surface area contributed by atoms with Crippen LogP contribution in [0.5, 0.6) is 5.75 Å². The van der Waals surface area contributed by atoms with Crippen LogP contribution in [-0.4, -0.2) is 10.1 Å². The fourth-order valence-corrected chi connectivity index (χ4v) is 0.224. The van der Waals surface area contributed by atoms with Gasteiger partial charge in [0.25, 0.3) is 0 Å². The molecule has 0 fully saturated rings. The zero-order chi connectivity index (χ0) is 8.59. The molecule has 0 unspecified atom stereocenters. The smallest absolute Gasteiger partial charge is 0.133 e. The van der Waals surface area contributed by atoms with E-state index in [1.54, 1.807) is 0 Å². The average Bonchev–Trinajstić information content (AvgIpc) is 1.97. The van der Waals surface area contributed by atoms with Crippen LogP contribution in [0.1, 0.15) is 5.48 Å². The molecule has 1 N–H and O–H groups in total. The quantitative estimate of drug-likeness (QED) is 0.521. The molecule has 0 aliphatic rings. The van der Waals surface area contributed by atoms with Crippen molar-refractivity contribution in [1.82, 2.24) is 4.98 Å². The third-order valence-corrected chi connectivity index (χ3v) is 0.455. The third-order valence-electron chi connectivity index (χ3n) is 0.455. The van der Waals surface area contributed by atoms with E-state index in [0.29, 0.717) is 0 Å². The molecule has 0 aliphatic heterocycles. The van der Waals surface area contributed by atoms with Gasteiger partial charge in [0.05, 0.1) is 11.7 Å². The van der Waals surface area contributed by atoms with E-state index in [2.05, 4.69) is 4.98 Å². The molecule has 1 heterocycles. The van der Waals surface area contributed by atoms with Gasteiger partial charge < -0.3 is 5.11 Å². The summed E-state index contributed by atoms with van der Waals surface area (Å²) in [6.45, 7) is 0. The first-order valence-corrected chi connectivity index (χ1v) is 1.67. The Morgan fingerprint density at radius 3 is 3.57 bits per heavy atom. The maximum Gasteiger partial charge on any atom is 0.133 e. The van der Waals surface area contributed by atoms with Gasteiger partial charge in [0, 0.05) is 6.17 Å². The van der Waals surface area contributed by atoms with Crippen LogP contribution in [0.2, 0.25) is 0 Å². The van der Waals surface area contributed by atoms with Gasteiger partial charge in [0.1, 0.15) is 5.75 Å². The highest BCUT2D eigenvalue weighted by Crippen LogP contribution is 1.99. The number of nitrogens with zero attached hydrogens (tertiary/aromatic N) is 1. The van der Waals surface area contributed by atoms with Crippen molar-refractivity contribution in [2.75, 3.05) is 0 Å². The van der Waals surface area contributed by atoms with Crippen molar-refractivity contribution in [1.29, 1.82) is 0 Å². The molecule has 36 valence electrons. The molecule has 1 aromatic rings. The van der Waals surface area contributed by atoms with E-state index in [1.165, 1.54) is 0 Å². The molecule has 1 rings (SSSR count). The number of hydrogen-bond acceptors (Lipinski definition) is 2. The number of aromatic nitrogens is 1. The molecular weight excluding hydrogens is 90.1 g/mol. The Bertz CT molecular complexity index is 275. The Morgan fingerprint density at radius 2 is 2.71 bits per heavy atom. The first-order chi connectivity index (χ1) is 5.04. The number of pyridine rings is 1. The minimum Gasteiger partial charge on any atom is -0.506 e. The summed E-state index contributed by atoms with van der Waals surface area (Å²) in [5, 5.41) is 8.87. The summed E-state index contributed by atoms with van der Waals surface area (Å²) in [5.74, 6) is -0.647. The first kappa shape index (κ1) is 1.47. The SMILES string of the molecule is [2H]c1nc([2H])c(O)c([2H])c1[2H]. The van der Waals surface area contributed by atoms with E-state index < -0.39 is 30.2 Å². The fraction of sp³-hybridized carbons (Fsp3) is 0. The maximum atomic E-state index is 8.87. The van der Waals surface area contributed by atoms with Crippen molar-refractivity contribution >= 4 is 0 Å². The van der Waals surface area contributed by atoms with Crippen molar-refractivity contribution in [3.05, 3.63) is 24.4 Å². The Hall–Kier alpha value is -1.05. The molecule has 0 amide bonds. The lowest BCUT2D eigenvalue weighted by molar-refractivity contribution is 0.472. The highest BCUT2D eigenvalue weighted by atomic mass is 16.3. The lowest BCUT2D eigenvalue weighted by atomic mass is 10.5. The Morgan fingerprint density at radius 1 is 1.86 bits per heavy atom. The maximum absolute atomic E-state index is 8.87.